The summed E-state index contributed by atoms with van der Waals surface area (Å²) in [4.78, 5) is 11.3. The number of Topliss-reactive ketones (excluding diaryl/α,β-unsaturated/α-hetero) is 1. The van der Waals surface area contributed by atoms with Crippen LogP contribution in [0.4, 0.5) is 39.5 Å². The lowest BCUT2D eigenvalue weighted by molar-refractivity contribution is -0.386. The number of hydrogen-bond acceptors (Lipinski definition) is 1. The van der Waals surface area contributed by atoms with Gasteiger partial charge in [0.25, 0.3) is 0 Å². The van der Waals surface area contributed by atoms with Crippen molar-refractivity contribution in [3.63, 3.8) is 0 Å². The zero-order chi connectivity index (χ0) is 17.6. The van der Waals surface area contributed by atoms with Crippen molar-refractivity contribution in [2.24, 2.45) is 0 Å². The summed E-state index contributed by atoms with van der Waals surface area (Å²) in [5.41, 5.74) is -1.15. The minimum absolute atomic E-state index is 0.236. The third-order valence-electron chi connectivity index (χ3n) is 2.54. The van der Waals surface area contributed by atoms with Crippen molar-refractivity contribution in [3.05, 3.63) is 34.3 Å². The first kappa shape index (κ1) is 18.8. The van der Waals surface area contributed by atoms with E-state index in [4.69, 9.17) is 0 Å². The molecule has 0 aliphatic carbocycles. The molecule has 1 rings (SSSR count). The Kier molecular flexibility index (Phi) is 4.63. The Morgan fingerprint density at radius 3 is 1.55 bits per heavy atom. The fourth-order valence-corrected chi connectivity index (χ4v) is 1.56. The van der Waals surface area contributed by atoms with Crippen LogP contribution in [0.3, 0.4) is 0 Å². The fraction of sp³-hybridized carbons (Fsp3) is 0.364. The summed E-state index contributed by atoms with van der Waals surface area (Å²) in [7, 11) is 0. The van der Waals surface area contributed by atoms with Gasteiger partial charge in [-0.2, -0.15) is 39.5 Å². The van der Waals surface area contributed by atoms with Gasteiger partial charge in [0, 0.05) is 10.0 Å². The van der Waals surface area contributed by atoms with Gasteiger partial charge in [-0.05, 0) is 12.1 Å². The zero-order valence-electron chi connectivity index (χ0n) is 10.00. The molecule has 0 aliphatic rings. The number of carbonyl (C=O) groups excluding carboxylic acids is 1. The van der Waals surface area contributed by atoms with E-state index in [1.54, 1.807) is 0 Å². The molecule has 0 saturated carbocycles. The number of benzene rings is 1. The fourth-order valence-electron chi connectivity index (χ4n) is 1.30. The van der Waals surface area contributed by atoms with Crippen molar-refractivity contribution < 1.29 is 44.3 Å². The average molecular weight is 403 g/mol. The monoisotopic (exact) mass is 402 g/mol. The van der Waals surface area contributed by atoms with E-state index in [-0.39, 0.29) is 4.47 Å². The van der Waals surface area contributed by atoms with Crippen LogP contribution in [-0.2, 0) is 0 Å². The Morgan fingerprint density at radius 1 is 0.773 bits per heavy atom. The van der Waals surface area contributed by atoms with E-state index in [1.807, 2.05) is 0 Å². The molecule has 0 radical (unpaired) electrons. The lowest BCUT2D eigenvalue weighted by Crippen LogP contribution is -2.63. The van der Waals surface area contributed by atoms with Crippen LogP contribution in [0.25, 0.3) is 0 Å². The zero-order valence-corrected chi connectivity index (χ0v) is 11.6. The molecule has 0 heterocycles. The maximum atomic E-state index is 13.3. The van der Waals surface area contributed by atoms with Crippen LogP contribution in [0.15, 0.2) is 28.7 Å². The Labute approximate surface area is 125 Å². The largest absolute Gasteiger partial charge is 0.460 e. The van der Waals surface area contributed by atoms with Gasteiger partial charge in [-0.15, -0.1) is 0 Å². The molecule has 1 nitrogen and oxygen atoms in total. The predicted octanol–water partition coefficient (Wildman–Crippen LogP) is 5.10. The lowest BCUT2D eigenvalue weighted by atomic mass is 9.96. The Bertz CT molecular complexity index is 562. The number of halogens is 10. The first-order chi connectivity index (χ1) is 9.66. The molecule has 1 aromatic rings. The first-order valence-corrected chi connectivity index (χ1v) is 5.96. The molecule has 0 amide bonds. The smallest absolute Gasteiger partial charge is 0.287 e. The van der Waals surface area contributed by atoms with E-state index in [1.165, 1.54) is 0 Å². The topological polar surface area (TPSA) is 17.1 Å². The maximum absolute atomic E-state index is 13.3. The van der Waals surface area contributed by atoms with Crippen LogP contribution in [0.2, 0.25) is 0 Å². The first-order valence-electron chi connectivity index (χ1n) is 5.17. The molecule has 22 heavy (non-hydrogen) atoms. The highest BCUT2D eigenvalue weighted by Gasteiger charge is 2.83. The van der Waals surface area contributed by atoms with E-state index in [9.17, 15) is 44.3 Å². The third-order valence-corrected chi connectivity index (χ3v) is 3.06. The average Bonchev–Trinajstić information content (AvgIpc) is 2.37. The molecule has 0 aliphatic heterocycles. The standard InChI is InChI=1S/C11H4BrF9O/c12-6-3-1-5(2-4-6)7(22)8(13,14)9(15,16)10(17,18)11(19,20)21/h1-4H. The van der Waals surface area contributed by atoms with Crippen LogP contribution in [0.5, 0.6) is 0 Å². The van der Waals surface area contributed by atoms with Crippen molar-refractivity contribution in [2.45, 2.75) is 23.9 Å². The van der Waals surface area contributed by atoms with Crippen LogP contribution in [0.1, 0.15) is 10.4 Å². The molecule has 0 saturated heterocycles. The number of ketones is 1. The van der Waals surface area contributed by atoms with E-state index in [0.717, 1.165) is 12.1 Å². The normalized spacial score (nSPS) is 14.1. The molecular formula is C11H4BrF9O. The molecule has 0 aromatic heterocycles. The quantitative estimate of drug-likeness (QED) is 0.505. The van der Waals surface area contributed by atoms with E-state index in [0.29, 0.717) is 12.1 Å². The second kappa shape index (κ2) is 5.43. The predicted molar refractivity (Wildman–Crippen MR) is 59.4 cm³/mol. The van der Waals surface area contributed by atoms with Gasteiger partial charge in [0.2, 0.25) is 5.78 Å². The van der Waals surface area contributed by atoms with Gasteiger partial charge in [-0.1, -0.05) is 28.1 Å². The minimum atomic E-state index is -7.09. The molecule has 11 heteroatoms. The summed E-state index contributed by atoms with van der Waals surface area (Å²) in [6.45, 7) is 0. The Morgan fingerprint density at radius 2 is 1.18 bits per heavy atom. The van der Waals surface area contributed by atoms with E-state index >= 15 is 0 Å². The highest BCUT2D eigenvalue weighted by Crippen LogP contribution is 2.53. The van der Waals surface area contributed by atoms with Crippen molar-refractivity contribution in [1.29, 1.82) is 0 Å². The highest BCUT2D eigenvalue weighted by atomic mass is 79.9. The van der Waals surface area contributed by atoms with Crippen LogP contribution in [0, 0.1) is 0 Å². The summed E-state index contributed by atoms with van der Waals surface area (Å²) < 4.78 is 114. The molecular weight excluding hydrogens is 399 g/mol. The van der Waals surface area contributed by atoms with Gasteiger partial charge >= 0.3 is 23.9 Å². The highest BCUT2D eigenvalue weighted by molar-refractivity contribution is 9.10. The second-order valence-electron chi connectivity index (χ2n) is 4.06. The van der Waals surface area contributed by atoms with Crippen LogP contribution >= 0.6 is 15.9 Å². The summed E-state index contributed by atoms with van der Waals surface area (Å²) in [6.07, 6.45) is -6.96. The Balaban J connectivity index is 3.32. The van der Waals surface area contributed by atoms with E-state index in [2.05, 4.69) is 15.9 Å². The summed E-state index contributed by atoms with van der Waals surface area (Å²) >= 11 is 2.83. The van der Waals surface area contributed by atoms with Crippen LogP contribution in [-0.4, -0.2) is 29.7 Å². The molecule has 0 unspecified atom stereocenters. The number of alkyl halides is 9. The van der Waals surface area contributed by atoms with Gasteiger partial charge < -0.3 is 0 Å². The molecule has 0 bridgehead atoms. The summed E-state index contributed by atoms with van der Waals surface area (Å²) in [5.74, 6) is -23.2. The number of rotatable bonds is 4. The van der Waals surface area contributed by atoms with Gasteiger partial charge in [0.1, 0.15) is 0 Å². The summed E-state index contributed by atoms with van der Waals surface area (Å²) in [5, 5.41) is 0. The Hall–Kier alpha value is -1.26. The van der Waals surface area contributed by atoms with Gasteiger partial charge in [0.05, 0.1) is 0 Å². The molecule has 124 valence electrons. The molecule has 0 N–H and O–H groups in total. The van der Waals surface area contributed by atoms with Crippen LogP contribution < -0.4 is 0 Å². The molecule has 0 fully saturated rings. The van der Waals surface area contributed by atoms with Crippen molar-refractivity contribution in [2.75, 3.05) is 0 Å². The molecule has 0 atom stereocenters. The second-order valence-corrected chi connectivity index (χ2v) is 4.97. The minimum Gasteiger partial charge on any atom is -0.287 e. The maximum Gasteiger partial charge on any atom is 0.460 e. The number of carbonyl (C=O) groups is 1. The SMILES string of the molecule is O=C(c1ccc(Br)cc1)C(F)(F)C(F)(F)C(F)(F)C(F)(F)F. The molecule has 1 aromatic carbocycles. The van der Waals surface area contributed by atoms with E-state index < -0.39 is 35.3 Å². The van der Waals surface area contributed by atoms with Gasteiger partial charge in [-0.25, -0.2) is 0 Å². The number of hydrogen-bond donors (Lipinski definition) is 0. The van der Waals surface area contributed by atoms with Gasteiger partial charge in [0.15, 0.2) is 0 Å². The van der Waals surface area contributed by atoms with Crippen molar-refractivity contribution >= 4 is 21.7 Å². The molecule has 0 spiro atoms. The van der Waals surface area contributed by atoms with Gasteiger partial charge in [-0.3, -0.25) is 4.79 Å². The lowest BCUT2D eigenvalue weighted by Gasteiger charge is -2.32. The van der Waals surface area contributed by atoms with Crippen molar-refractivity contribution in [1.82, 2.24) is 0 Å². The van der Waals surface area contributed by atoms with Crippen molar-refractivity contribution in [3.8, 4) is 0 Å². The third kappa shape index (κ3) is 2.82. The summed E-state index contributed by atoms with van der Waals surface area (Å²) in [6, 6.07) is 3.04.